The number of hydrogen-bond donors (Lipinski definition) is 1. The number of aryl methyl sites for hydroxylation is 1. The van der Waals surface area contributed by atoms with Gasteiger partial charge in [-0.2, -0.15) is 18.3 Å². The minimum Gasteiger partial charge on any atom is -0.481 e. The van der Waals surface area contributed by atoms with Gasteiger partial charge in [0.2, 0.25) is 5.88 Å². The first-order chi connectivity index (χ1) is 17.1. The number of aliphatic carboxylic acids is 1. The maximum Gasteiger partial charge on any atom is 0.431 e. The average molecular weight is 498 g/mol. The molecule has 6 nitrogen and oxygen atoms in total. The van der Waals surface area contributed by atoms with E-state index in [2.05, 4.69) is 22.2 Å². The molecule has 9 heteroatoms. The highest BCUT2D eigenvalue weighted by atomic mass is 19.4. The van der Waals surface area contributed by atoms with Crippen LogP contribution in [0.5, 0.6) is 5.88 Å². The topological polar surface area (TPSA) is 75.0 Å². The molecule has 36 heavy (non-hydrogen) atoms. The maximum absolute atomic E-state index is 13.4. The zero-order chi connectivity index (χ0) is 26.0. The summed E-state index contributed by atoms with van der Waals surface area (Å²) in [5.74, 6) is -1.68. The average Bonchev–Trinajstić information content (AvgIpc) is 3.16. The number of nitrogens with zero attached hydrogens (tertiary/aromatic N) is 3. The molecule has 2 aromatic carbocycles. The standard InChI is InChI=1S/C27H26F3N3O3/c1-16-12-20(21-10-11-31-24(14-21)36-3)7-6-19(16)13-18-4-8-22(9-5-18)33-23(15-25(34)35)17(2)26(32-33)27(28,29)30/h4-12,14,17,23H,13,15H2,1-3H3,(H,34,35)/t17-,23-/m0/s1. The van der Waals surface area contributed by atoms with E-state index in [4.69, 9.17) is 4.74 Å². The van der Waals surface area contributed by atoms with Crippen LogP contribution >= 0.6 is 0 Å². The number of aromatic nitrogens is 1. The molecule has 3 aromatic rings. The van der Waals surface area contributed by atoms with E-state index in [1.54, 1.807) is 25.4 Å². The van der Waals surface area contributed by atoms with Crippen LogP contribution in [0.4, 0.5) is 18.9 Å². The van der Waals surface area contributed by atoms with Gasteiger partial charge in [0.25, 0.3) is 0 Å². The predicted molar refractivity (Wildman–Crippen MR) is 131 cm³/mol. The number of anilines is 1. The van der Waals surface area contributed by atoms with E-state index in [1.807, 2.05) is 37.3 Å². The quantitative estimate of drug-likeness (QED) is 0.442. The van der Waals surface area contributed by atoms with Crippen molar-refractivity contribution in [2.75, 3.05) is 12.1 Å². The van der Waals surface area contributed by atoms with Gasteiger partial charge in [0.05, 0.1) is 25.3 Å². The summed E-state index contributed by atoms with van der Waals surface area (Å²) in [4.78, 5) is 15.4. The fourth-order valence-electron chi connectivity index (χ4n) is 4.44. The number of hydrogen-bond acceptors (Lipinski definition) is 5. The van der Waals surface area contributed by atoms with Gasteiger partial charge < -0.3 is 9.84 Å². The first kappa shape index (κ1) is 25.2. The van der Waals surface area contributed by atoms with Crippen molar-refractivity contribution < 1.29 is 27.8 Å². The molecule has 1 N–H and O–H groups in total. The third-order valence-electron chi connectivity index (χ3n) is 6.43. The number of methoxy groups -OCH3 is 1. The van der Waals surface area contributed by atoms with Gasteiger partial charge >= 0.3 is 12.1 Å². The van der Waals surface area contributed by atoms with Gasteiger partial charge in [0.15, 0.2) is 0 Å². The molecule has 2 atom stereocenters. The number of alkyl halides is 3. The van der Waals surface area contributed by atoms with E-state index in [1.165, 1.54) is 11.9 Å². The lowest BCUT2D eigenvalue weighted by Gasteiger charge is -2.25. The van der Waals surface area contributed by atoms with Crippen LogP contribution < -0.4 is 9.75 Å². The van der Waals surface area contributed by atoms with Crippen LogP contribution in [0, 0.1) is 12.8 Å². The molecule has 0 bridgehead atoms. The maximum atomic E-state index is 13.4. The number of pyridine rings is 1. The van der Waals surface area contributed by atoms with Crippen molar-refractivity contribution in [3.63, 3.8) is 0 Å². The molecule has 0 saturated carbocycles. The summed E-state index contributed by atoms with van der Waals surface area (Å²) in [7, 11) is 1.57. The Kier molecular flexibility index (Phi) is 7.01. The minimum atomic E-state index is -4.62. The van der Waals surface area contributed by atoms with Gasteiger partial charge in [-0.1, -0.05) is 37.3 Å². The number of ether oxygens (including phenoxy) is 1. The van der Waals surface area contributed by atoms with Crippen LogP contribution in [0.3, 0.4) is 0 Å². The lowest BCUT2D eigenvalue weighted by molar-refractivity contribution is -0.137. The second-order valence-electron chi connectivity index (χ2n) is 8.85. The van der Waals surface area contributed by atoms with Crippen molar-refractivity contribution in [1.29, 1.82) is 0 Å². The molecule has 0 unspecified atom stereocenters. The minimum absolute atomic E-state index is 0.426. The van der Waals surface area contributed by atoms with E-state index in [-0.39, 0.29) is 0 Å². The number of hydrazone groups is 1. The fraction of sp³-hybridized carbons (Fsp3) is 0.296. The van der Waals surface area contributed by atoms with Gasteiger partial charge in [0.1, 0.15) is 5.71 Å². The molecule has 1 aliphatic heterocycles. The number of carboxylic acids is 1. The smallest absolute Gasteiger partial charge is 0.431 e. The first-order valence-corrected chi connectivity index (χ1v) is 11.4. The lowest BCUT2D eigenvalue weighted by atomic mass is 9.94. The molecule has 2 heterocycles. The second kappa shape index (κ2) is 10.0. The summed E-state index contributed by atoms with van der Waals surface area (Å²) in [6, 6.07) is 16.1. The second-order valence-corrected chi connectivity index (χ2v) is 8.85. The summed E-state index contributed by atoms with van der Waals surface area (Å²) in [6.45, 7) is 3.39. The molecule has 0 saturated heterocycles. The molecule has 1 aromatic heterocycles. The van der Waals surface area contributed by atoms with E-state index < -0.39 is 36.2 Å². The summed E-state index contributed by atoms with van der Waals surface area (Å²) in [5.41, 5.74) is 4.69. The molecule has 188 valence electrons. The predicted octanol–water partition coefficient (Wildman–Crippen LogP) is 5.87. The normalized spacial score (nSPS) is 17.7. The van der Waals surface area contributed by atoms with E-state index in [9.17, 15) is 23.1 Å². The number of halogens is 3. The lowest BCUT2D eigenvalue weighted by Crippen LogP contribution is -2.36. The zero-order valence-corrected chi connectivity index (χ0v) is 20.1. The third kappa shape index (κ3) is 5.35. The van der Waals surface area contributed by atoms with Crippen molar-refractivity contribution in [2.24, 2.45) is 11.0 Å². The molecule has 4 rings (SSSR count). The molecule has 0 radical (unpaired) electrons. The Morgan fingerprint density at radius 2 is 1.78 bits per heavy atom. The van der Waals surface area contributed by atoms with E-state index >= 15 is 0 Å². The van der Waals surface area contributed by atoms with Gasteiger partial charge in [0, 0.05) is 18.2 Å². The molecule has 0 fully saturated rings. The largest absolute Gasteiger partial charge is 0.481 e. The molecule has 0 amide bonds. The number of rotatable bonds is 7. The number of carbonyl (C=O) groups is 1. The van der Waals surface area contributed by atoms with Crippen molar-refractivity contribution in [3.05, 3.63) is 77.5 Å². The summed E-state index contributed by atoms with van der Waals surface area (Å²) in [5, 5.41) is 14.2. The highest BCUT2D eigenvalue weighted by Crippen LogP contribution is 2.36. The Balaban J connectivity index is 1.54. The first-order valence-electron chi connectivity index (χ1n) is 11.4. The highest BCUT2D eigenvalue weighted by Gasteiger charge is 2.48. The van der Waals surface area contributed by atoms with Crippen molar-refractivity contribution in [3.8, 4) is 17.0 Å². The molecule has 0 spiro atoms. The Morgan fingerprint density at radius 1 is 1.08 bits per heavy atom. The number of carboxylic acid groups (broad SMARTS) is 1. The Labute approximate surface area is 207 Å². The van der Waals surface area contributed by atoms with Crippen LogP contribution in [-0.4, -0.2) is 41.1 Å². The van der Waals surface area contributed by atoms with Gasteiger partial charge in [-0.3, -0.25) is 9.80 Å². The SMILES string of the molecule is COc1cc(-c2ccc(Cc3ccc(N4N=C(C(F)(F)F)[C@@H](C)[C@@H]4CC(=O)O)cc3)c(C)c2)ccn1. The highest BCUT2D eigenvalue weighted by molar-refractivity contribution is 5.95. The van der Waals surface area contributed by atoms with Gasteiger partial charge in [-0.05, 0) is 59.4 Å². The van der Waals surface area contributed by atoms with Crippen LogP contribution in [0.1, 0.15) is 30.0 Å². The van der Waals surface area contributed by atoms with Crippen LogP contribution in [0.25, 0.3) is 11.1 Å². The Morgan fingerprint density at radius 3 is 2.39 bits per heavy atom. The monoisotopic (exact) mass is 497 g/mol. The van der Waals surface area contributed by atoms with Crippen LogP contribution in [0.15, 0.2) is 65.9 Å². The van der Waals surface area contributed by atoms with Crippen LogP contribution in [0.2, 0.25) is 0 Å². The molecular formula is C27H26F3N3O3. The van der Waals surface area contributed by atoms with Crippen molar-refractivity contribution in [2.45, 2.75) is 38.9 Å². The van der Waals surface area contributed by atoms with Gasteiger partial charge in [-0.15, -0.1) is 0 Å². The fourth-order valence-corrected chi connectivity index (χ4v) is 4.44. The molecule has 0 aliphatic carbocycles. The summed E-state index contributed by atoms with van der Waals surface area (Å²) in [6.07, 6.45) is -2.72. The van der Waals surface area contributed by atoms with Crippen LogP contribution in [-0.2, 0) is 11.2 Å². The summed E-state index contributed by atoms with van der Waals surface area (Å²) >= 11 is 0. The van der Waals surface area contributed by atoms with Crippen molar-refractivity contribution in [1.82, 2.24) is 4.98 Å². The van der Waals surface area contributed by atoms with E-state index in [0.717, 1.165) is 27.8 Å². The third-order valence-corrected chi connectivity index (χ3v) is 6.43. The number of benzene rings is 2. The van der Waals surface area contributed by atoms with E-state index in [0.29, 0.717) is 18.0 Å². The van der Waals surface area contributed by atoms with Gasteiger partial charge in [-0.25, -0.2) is 4.98 Å². The molecule has 1 aliphatic rings. The Hall–Kier alpha value is -3.88. The summed E-state index contributed by atoms with van der Waals surface area (Å²) < 4.78 is 45.4. The Bertz CT molecular complexity index is 1290. The zero-order valence-electron chi connectivity index (χ0n) is 20.1. The van der Waals surface area contributed by atoms with Crippen molar-refractivity contribution >= 4 is 17.4 Å². The molecular weight excluding hydrogens is 471 g/mol.